The zero-order valence-electron chi connectivity index (χ0n) is 9.67. The fourth-order valence-electron chi connectivity index (χ4n) is 2.57. The average Bonchev–Trinajstić information content (AvgIpc) is 3.01. The molecule has 3 heteroatoms. The summed E-state index contributed by atoms with van der Waals surface area (Å²) in [5, 5.41) is 2.12. The molecule has 1 aliphatic rings. The van der Waals surface area contributed by atoms with Gasteiger partial charge in [0.2, 0.25) is 0 Å². The van der Waals surface area contributed by atoms with E-state index in [0.29, 0.717) is 12.6 Å². The molecule has 0 bridgehead atoms. The van der Waals surface area contributed by atoms with Crippen LogP contribution in [0, 0.1) is 0 Å². The summed E-state index contributed by atoms with van der Waals surface area (Å²) < 4.78 is 0. The maximum Gasteiger partial charge on any atom is 0.0757 e. The van der Waals surface area contributed by atoms with Gasteiger partial charge in [-0.3, -0.25) is 0 Å². The van der Waals surface area contributed by atoms with Crippen LogP contribution < -0.4 is 10.6 Å². The summed E-state index contributed by atoms with van der Waals surface area (Å²) in [6.07, 6.45) is 1.14. The van der Waals surface area contributed by atoms with E-state index < -0.39 is 0 Å². The van der Waals surface area contributed by atoms with E-state index in [1.165, 1.54) is 16.1 Å². The molecule has 0 amide bonds. The molecular formula is C14H16N2S. The van der Waals surface area contributed by atoms with E-state index in [-0.39, 0.29) is 0 Å². The van der Waals surface area contributed by atoms with Crippen LogP contribution in [0.5, 0.6) is 0 Å². The Morgan fingerprint density at radius 2 is 2.12 bits per heavy atom. The molecule has 1 aromatic carbocycles. The van der Waals surface area contributed by atoms with Crippen molar-refractivity contribution in [3.63, 3.8) is 0 Å². The minimum Gasteiger partial charge on any atom is -0.362 e. The van der Waals surface area contributed by atoms with Gasteiger partial charge in [0.05, 0.1) is 6.04 Å². The smallest absolute Gasteiger partial charge is 0.0757 e. The maximum atomic E-state index is 5.97. The van der Waals surface area contributed by atoms with Crippen molar-refractivity contribution in [2.45, 2.75) is 12.5 Å². The van der Waals surface area contributed by atoms with Gasteiger partial charge in [-0.15, -0.1) is 11.3 Å². The summed E-state index contributed by atoms with van der Waals surface area (Å²) in [6, 6.07) is 13.3. The van der Waals surface area contributed by atoms with E-state index in [2.05, 4.69) is 46.7 Å². The molecule has 1 aliphatic heterocycles. The van der Waals surface area contributed by atoms with Gasteiger partial charge < -0.3 is 10.6 Å². The Hall–Kier alpha value is -1.32. The number of rotatable bonds is 3. The number of para-hydroxylation sites is 1. The first-order valence-electron chi connectivity index (χ1n) is 5.98. The van der Waals surface area contributed by atoms with Crippen LogP contribution in [0.2, 0.25) is 0 Å². The minimum absolute atomic E-state index is 0.332. The molecular weight excluding hydrogens is 228 g/mol. The highest BCUT2D eigenvalue weighted by Crippen LogP contribution is 2.35. The molecule has 88 valence electrons. The van der Waals surface area contributed by atoms with Crippen molar-refractivity contribution in [1.82, 2.24) is 0 Å². The molecule has 2 nitrogen and oxygen atoms in total. The van der Waals surface area contributed by atoms with Crippen LogP contribution in [0.3, 0.4) is 0 Å². The molecule has 2 heterocycles. The molecule has 0 radical (unpaired) electrons. The number of thiophene rings is 1. The second kappa shape index (κ2) is 4.51. The van der Waals surface area contributed by atoms with Crippen LogP contribution in [0.25, 0.3) is 0 Å². The van der Waals surface area contributed by atoms with E-state index in [0.717, 1.165) is 13.0 Å². The van der Waals surface area contributed by atoms with E-state index in [1.807, 2.05) is 0 Å². The molecule has 1 atom stereocenters. The highest BCUT2D eigenvalue weighted by molar-refractivity contribution is 7.10. The second-order valence-electron chi connectivity index (χ2n) is 4.34. The highest BCUT2D eigenvalue weighted by Gasteiger charge is 2.26. The lowest BCUT2D eigenvalue weighted by Crippen LogP contribution is -2.31. The fourth-order valence-corrected chi connectivity index (χ4v) is 3.42. The number of anilines is 1. The number of benzene rings is 1. The molecule has 0 saturated carbocycles. The lowest BCUT2D eigenvalue weighted by Gasteiger charge is -2.28. The van der Waals surface area contributed by atoms with Gasteiger partial charge in [-0.1, -0.05) is 24.3 Å². The van der Waals surface area contributed by atoms with E-state index in [1.54, 1.807) is 11.3 Å². The number of nitrogens with two attached hydrogens (primary N) is 1. The molecule has 0 spiro atoms. The number of hydrogen-bond donors (Lipinski definition) is 1. The van der Waals surface area contributed by atoms with Crippen LogP contribution in [-0.2, 0) is 6.42 Å². The molecule has 0 aliphatic carbocycles. The Morgan fingerprint density at radius 3 is 2.88 bits per heavy atom. The lowest BCUT2D eigenvalue weighted by atomic mass is 10.1. The summed E-state index contributed by atoms with van der Waals surface area (Å²) in [6.45, 7) is 1.76. The van der Waals surface area contributed by atoms with E-state index in [9.17, 15) is 0 Å². The van der Waals surface area contributed by atoms with Crippen LogP contribution >= 0.6 is 11.3 Å². The molecule has 3 rings (SSSR count). The third kappa shape index (κ3) is 1.85. The van der Waals surface area contributed by atoms with Gasteiger partial charge in [-0.2, -0.15) is 0 Å². The zero-order valence-corrected chi connectivity index (χ0v) is 10.5. The van der Waals surface area contributed by atoms with Gasteiger partial charge in [0.15, 0.2) is 0 Å². The monoisotopic (exact) mass is 244 g/mol. The van der Waals surface area contributed by atoms with Gasteiger partial charge in [0.25, 0.3) is 0 Å². The summed E-state index contributed by atoms with van der Waals surface area (Å²) >= 11 is 1.80. The summed E-state index contributed by atoms with van der Waals surface area (Å²) in [7, 11) is 0. The van der Waals surface area contributed by atoms with Gasteiger partial charge in [0.1, 0.15) is 0 Å². The standard InChI is InChI=1S/C14H16N2S/c15-10-13(14-6-3-9-17-14)16-8-7-11-4-1-2-5-12(11)16/h1-6,9,13H,7-8,10,15H2/t13-/m1/s1. The fraction of sp³-hybridized carbons (Fsp3) is 0.286. The summed E-state index contributed by atoms with van der Waals surface area (Å²) in [5.41, 5.74) is 8.77. The molecule has 17 heavy (non-hydrogen) atoms. The molecule has 0 fully saturated rings. The van der Waals surface area contributed by atoms with Gasteiger partial charge in [-0.05, 0) is 29.5 Å². The van der Waals surface area contributed by atoms with Crippen LogP contribution in [0.15, 0.2) is 41.8 Å². The van der Waals surface area contributed by atoms with Crippen molar-refractivity contribution < 1.29 is 0 Å². The maximum absolute atomic E-state index is 5.97. The first-order chi connectivity index (χ1) is 8.40. The lowest BCUT2D eigenvalue weighted by molar-refractivity contribution is 0.659. The third-order valence-corrected chi connectivity index (χ3v) is 4.37. The Morgan fingerprint density at radius 1 is 1.24 bits per heavy atom. The van der Waals surface area contributed by atoms with Crippen molar-refractivity contribution in [3.05, 3.63) is 52.2 Å². The topological polar surface area (TPSA) is 29.3 Å². The average molecular weight is 244 g/mol. The molecule has 1 aromatic heterocycles. The summed E-state index contributed by atoms with van der Waals surface area (Å²) in [5.74, 6) is 0. The first kappa shape index (κ1) is 10.8. The number of nitrogens with zero attached hydrogens (tertiary/aromatic N) is 1. The van der Waals surface area contributed by atoms with Crippen molar-refractivity contribution in [2.75, 3.05) is 18.0 Å². The largest absolute Gasteiger partial charge is 0.362 e. The quantitative estimate of drug-likeness (QED) is 0.899. The highest BCUT2D eigenvalue weighted by atomic mass is 32.1. The normalized spacial score (nSPS) is 15.9. The van der Waals surface area contributed by atoms with Crippen molar-refractivity contribution in [3.8, 4) is 0 Å². The Bertz CT molecular complexity index is 493. The SMILES string of the molecule is NC[C@H](c1cccs1)N1CCc2ccccc21. The van der Waals surface area contributed by atoms with Crippen LogP contribution in [0.1, 0.15) is 16.5 Å². The third-order valence-electron chi connectivity index (χ3n) is 3.39. The van der Waals surface area contributed by atoms with Crippen LogP contribution in [0.4, 0.5) is 5.69 Å². The Kier molecular flexibility index (Phi) is 2.87. The van der Waals surface area contributed by atoms with E-state index in [4.69, 9.17) is 5.73 Å². The van der Waals surface area contributed by atoms with Crippen molar-refractivity contribution in [2.24, 2.45) is 5.73 Å². The van der Waals surface area contributed by atoms with Gasteiger partial charge in [-0.25, -0.2) is 0 Å². The van der Waals surface area contributed by atoms with Gasteiger partial charge >= 0.3 is 0 Å². The summed E-state index contributed by atoms with van der Waals surface area (Å²) in [4.78, 5) is 3.81. The molecule has 0 saturated heterocycles. The Balaban J connectivity index is 1.95. The molecule has 2 N–H and O–H groups in total. The van der Waals surface area contributed by atoms with E-state index >= 15 is 0 Å². The predicted molar refractivity (Wildman–Crippen MR) is 73.6 cm³/mol. The van der Waals surface area contributed by atoms with Crippen molar-refractivity contribution >= 4 is 17.0 Å². The molecule has 2 aromatic rings. The number of fused-ring (bicyclic) bond motifs is 1. The van der Waals surface area contributed by atoms with Gasteiger partial charge in [0, 0.05) is 23.7 Å². The Labute approximate surface area is 106 Å². The number of hydrogen-bond acceptors (Lipinski definition) is 3. The zero-order chi connectivity index (χ0) is 11.7. The van der Waals surface area contributed by atoms with Crippen molar-refractivity contribution in [1.29, 1.82) is 0 Å². The predicted octanol–water partition coefficient (Wildman–Crippen LogP) is 2.81. The van der Waals surface area contributed by atoms with Crippen LogP contribution in [-0.4, -0.2) is 13.1 Å². The minimum atomic E-state index is 0.332. The first-order valence-corrected chi connectivity index (χ1v) is 6.86. The second-order valence-corrected chi connectivity index (χ2v) is 5.32. The molecule has 0 unspecified atom stereocenters.